The van der Waals surface area contributed by atoms with E-state index in [2.05, 4.69) is 4.98 Å². The van der Waals surface area contributed by atoms with Crippen LogP contribution < -0.4 is 0 Å². The number of amides is 1. The van der Waals surface area contributed by atoms with E-state index >= 15 is 0 Å². The summed E-state index contributed by atoms with van der Waals surface area (Å²) in [4.78, 5) is 18.0. The summed E-state index contributed by atoms with van der Waals surface area (Å²) in [5.74, 6) is -0.157. The Kier molecular flexibility index (Phi) is 3.91. The van der Waals surface area contributed by atoms with Gasteiger partial charge in [-0.15, -0.1) is 0 Å². The van der Waals surface area contributed by atoms with Gasteiger partial charge in [0.15, 0.2) is 0 Å². The number of hydrogen-bond donors (Lipinski definition) is 0. The lowest BCUT2D eigenvalue weighted by Crippen LogP contribution is -2.57. The van der Waals surface area contributed by atoms with Gasteiger partial charge in [0.05, 0.1) is 0 Å². The molecule has 1 aromatic carbocycles. The summed E-state index contributed by atoms with van der Waals surface area (Å²) in [5, 5.41) is -0.558. The van der Waals surface area contributed by atoms with E-state index in [4.69, 9.17) is 0 Å². The van der Waals surface area contributed by atoms with Gasteiger partial charge in [0, 0.05) is 56.2 Å². The Hall–Kier alpha value is -2.87. The van der Waals surface area contributed by atoms with E-state index in [1.807, 2.05) is 41.2 Å². The molecule has 4 rings (SSSR count). The molecule has 1 aliphatic rings. The van der Waals surface area contributed by atoms with Gasteiger partial charge in [0.2, 0.25) is 15.0 Å². The number of hydrogen-bond acceptors (Lipinski definition) is 4. The number of imidazole rings is 1. The maximum absolute atomic E-state index is 12.6. The summed E-state index contributed by atoms with van der Waals surface area (Å²) < 4.78 is 28.5. The lowest BCUT2D eigenvalue weighted by Gasteiger charge is -2.38. The molecular weight excluding hydrogens is 352 g/mol. The molecule has 0 N–H and O–H groups in total. The number of rotatable bonds is 4. The number of likely N-dealkylation sites (tertiary alicyclic amines) is 1. The maximum Gasteiger partial charge on any atom is 0.253 e. The van der Waals surface area contributed by atoms with E-state index in [1.165, 1.54) is 10.8 Å². The van der Waals surface area contributed by atoms with Crippen molar-refractivity contribution in [1.29, 1.82) is 0 Å². The molecule has 134 valence electrons. The Morgan fingerprint density at radius 3 is 2.31 bits per heavy atom. The van der Waals surface area contributed by atoms with E-state index in [0.29, 0.717) is 5.56 Å². The monoisotopic (exact) mass is 370 g/mol. The molecule has 0 aliphatic carbocycles. The van der Waals surface area contributed by atoms with E-state index in [1.54, 1.807) is 30.3 Å². The molecule has 0 bridgehead atoms. The van der Waals surface area contributed by atoms with Gasteiger partial charge in [-0.3, -0.25) is 4.79 Å². The van der Waals surface area contributed by atoms with Crippen molar-refractivity contribution in [3.05, 3.63) is 66.7 Å². The highest BCUT2D eigenvalue weighted by Crippen LogP contribution is 2.24. The van der Waals surface area contributed by atoms with Crippen molar-refractivity contribution >= 4 is 15.7 Å². The smallest absolute Gasteiger partial charge is 0.253 e. The van der Waals surface area contributed by atoms with Crippen molar-refractivity contribution in [2.24, 2.45) is 7.05 Å². The summed E-state index contributed by atoms with van der Waals surface area (Å²) in [6.45, 7) is 0.376. The van der Waals surface area contributed by atoms with Crippen molar-refractivity contribution in [3.63, 3.8) is 0 Å². The second-order valence-corrected chi connectivity index (χ2v) is 8.46. The fraction of sp³-hybridized carbons (Fsp3) is 0.222. The standard InChI is InChI=1S/C18H18N4O3S/c1-20-11-8-19-18(20)26(24,25)16-12-22(13-16)17(23)14-4-6-15(7-5-14)21-9-2-3-10-21/h2-11,16H,12-13H2,1H3. The van der Waals surface area contributed by atoms with Crippen LogP contribution in [0.2, 0.25) is 0 Å². The first kappa shape index (κ1) is 16.6. The van der Waals surface area contributed by atoms with Crippen molar-refractivity contribution in [2.75, 3.05) is 13.1 Å². The van der Waals surface area contributed by atoms with Gasteiger partial charge in [-0.25, -0.2) is 13.4 Å². The van der Waals surface area contributed by atoms with Gasteiger partial charge in [0.25, 0.3) is 5.91 Å². The van der Waals surface area contributed by atoms with Gasteiger partial charge in [-0.05, 0) is 36.4 Å². The van der Waals surface area contributed by atoms with Gasteiger partial charge >= 0.3 is 0 Å². The number of sulfone groups is 1. The molecule has 26 heavy (non-hydrogen) atoms. The van der Waals surface area contributed by atoms with Crippen LogP contribution in [0.15, 0.2) is 66.3 Å². The van der Waals surface area contributed by atoms with Crippen molar-refractivity contribution in [1.82, 2.24) is 19.0 Å². The van der Waals surface area contributed by atoms with Gasteiger partial charge < -0.3 is 14.0 Å². The van der Waals surface area contributed by atoms with E-state index < -0.39 is 15.1 Å². The molecule has 3 aromatic rings. The Balaban J connectivity index is 1.44. The zero-order valence-corrected chi connectivity index (χ0v) is 15.0. The predicted octanol–water partition coefficient (Wildman–Crippen LogP) is 1.51. The third kappa shape index (κ3) is 2.72. The SMILES string of the molecule is Cn1ccnc1S(=O)(=O)C1CN(C(=O)c2ccc(-n3cccc3)cc2)C1. The summed E-state index contributed by atoms with van der Waals surface area (Å²) in [6.07, 6.45) is 6.92. The number of aromatic nitrogens is 3. The molecule has 1 aliphatic heterocycles. The summed E-state index contributed by atoms with van der Waals surface area (Å²) >= 11 is 0. The lowest BCUT2D eigenvalue weighted by molar-refractivity contribution is 0.0658. The highest BCUT2D eigenvalue weighted by molar-refractivity contribution is 7.92. The molecule has 0 saturated carbocycles. The molecule has 8 heteroatoms. The molecule has 0 unspecified atom stereocenters. The van der Waals surface area contributed by atoms with Gasteiger partial charge in [-0.2, -0.15) is 0 Å². The first-order valence-electron chi connectivity index (χ1n) is 8.21. The molecular formula is C18H18N4O3S. The third-order valence-electron chi connectivity index (χ3n) is 4.62. The fourth-order valence-corrected chi connectivity index (χ4v) is 4.76. The average molecular weight is 370 g/mol. The van der Waals surface area contributed by atoms with Gasteiger partial charge in [-0.1, -0.05) is 0 Å². The van der Waals surface area contributed by atoms with Crippen molar-refractivity contribution < 1.29 is 13.2 Å². The van der Waals surface area contributed by atoms with Crippen LogP contribution in [0.1, 0.15) is 10.4 Å². The van der Waals surface area contributed by atoms with Crippen molar-refractivity contribution in [3.8, 4) is 5.69 Å². The Labute approximate surface area is 151 Å². The van der Waals surface area contributed by atoms with Crippen molar-refractivity contribution in [2.45, 2.75) is 10.4 Å². The molecule has 1 saturated heterocycles. The highest BCUT2D eigenvalue weighted by atomic mass is 32.2. The topological polar surface area (TPSA) is 77.2 Å². The van der Waals surface area contributed by atoms with E-state index in [-0.39, 0.29) is 24.2 Å². The average Bonchev–Trinajstić information content (AvgIpc) is 3.25. The highest BCUT2D eigenvalue weighted by Gasteiger charge is 2.42. The van der Waals surface area contributed by atoms with E-state index in [0.717, 1.165) is 5.69 Å². The second-order valence-electron chi connectivity index (χ2n) is 6.34. The quantitative estimate of drug-likeness (QED) is 0.697. The minimum absolute atomic E-state index is 0.0469. The Bertz CT molecular complexity index is 1030. The van der Waals surface area contributed by atoms with Crippen LogP contribution in [-0.2, 0) is 16.9 Å². The van der Waals surface area contributed by atoms with E-state index in [9.17, 15) is 13.2 Å². The first-order valence-corrected chi connectivity index (χ1v) is 9.75. The van der Waals surface area contributed by atoms with Crippen LogP contribution in [0.4, 0.5) is 0 Å². The molecule has 3 heterocycles. The third-order valence-corrected chi connectivity index (χ3v) is 6.70. The summed E-state index contributed by atoms with van der Waals surface area (Å²) in [7, 11) is -1.87. The number of nitrogens with zero attached hydrogens (tertiary/aromatic N) is 4. The number of carbonyl (C=O) groups is 1. The van der Waals surface area contributed by atoms with Crippen LogP contribution in [0.3, 0.4) is 0 Å². The molecule has 0 spiro atoms. The minimum atomic E-state index is -3.52. The second kappa shape index (κ2) is 6.14. The number of carbonyl (C=O) groups excluding carboxylic acids is 1. The maximum atomic E-state index is 12.6. The summed E-state index contributed by atoms with van der Waals surface area (Å²) in [6, 6.07) is 11.1. The van der Waals surface area contributed by atoms with Crippen LogP contribution >= 0.6 is 0 Å². The van der Waals surface area contributed by atoms with Crippen LogP contribution in [0.5, 0.6) is 0 Å². The zero-order chi connectivity index (χ0) is 18.3. The number of benzene rings is 1. The number of aryl methyl sites for hydroxylation is 1. The summed E-state index contributed by atoms with van der Waals surface area (Å²) in [5.41, 5.74) is 1.51. The molecule has 0 atom stereocenters. The Morgan fingerprint density at radius 1 is 1.08 bits per heavy atom. The first-order chi connectivity index (χ1) is 12.5. The fourth-order valence-electron chi connectivity index (χ4n) is 3.04. The van der Waals surface area contributed by atoms with Crippen LogP contribution in [-0.4, -0.2) is 51.7 Å². The zero-order valence-electron chi connectivity index (χ0n) is 14.2. The normalized spacial score (nSPS) is 15.0. The molecule has 2 aromatic heterocycles. The molecule has 1 amide bonds. The lowest BCUT2D eigenvalue weighted by atomic mass is 10.1. The Morgan fingerprint density at radius 2 is 1.73 bits per heavy atom. The van der Waals surface area contributed by atoms with Gasteiger partial charge in [0.1, 0.15) is 5.25 Å². The van der Waals surface area contributed by atoms with Crippen LogP contribution in [0, 0.1) is 0 Å². The predicted molar refractivity (Wildman–Crippen MR) is 95.9 cm³/mol. The minimum Gasteiger partial charge on any atom is -0.336 e. The molecule has 7 nitrogen and oxygen atoms in total. The van der Waals surface area contributed by atoms with Crippen LogP contribution in [0.25, 0.3) is 5.69 Å². The molecule has 0 radical (unpaired) electrons. The largest absolute Gasteiger partial charge is 0.336 e. The molecule has 1 fully saturated rings.